The predicted molar refractivity (Wildman–Crippen MR) is 203 cm³/mol. The Balaban J connectivity index is 1.36. The van der Waals surface area contributed by atoms with Gasteiger partial charge in [0.1, 0.15) is 23.7 Å². The number of carbonyl (C=O) groups excluding carboxylic acids is 4. The van der Waals surface area contributed by atoms with Crippen molar-refractivity contribution < 1.29 is 59.7 Å². The molecule has 1 saturated heterocycles. The third-order valence-corrected chi connectivity index (χ3v) is 13.2. The quantitative estimate of drug-likeness (QED) is 0.301. The summed E-state index contributed by atoms with van der Waals surface area (Å²) in [6.07, 6.45) is 0.134. The van der Waals surface area contributed by atoms with Gasteiger partial charge < -0.3 is 34.5 Å². The molecule has 4 aliphatic rings. The number of halogens is 3. The number of pyridine rings is 1. The maximum absolute atomic E-state index is 14.7. The summed E-state index contributed by atoms with van der Waals surface area (Å²) in [5, 5.41) is 5.65. The molecule has 58 heavy (non-hydrogen) atoms. The molecular weight excluding hydrogens is 788 g/mol. The van der Waals surface area contributed by atoms with Crippen LogP contribution < -0.4 is 29.6 Å². The van der Waals surface area contributed by atoms with Gasteiger partial charge in [-0.15, -0.1) is 0 Å². The molecule has 4 amide bonds. The number of fused-ring (bicyclic) bond motifs is 3. The number of nitrogens with zero attached hydrogens (tertiary/aromatic N) is 2. The zero-order valence-electron chi connectivity index (χ0n) is 33.2. The van der Waals surface area contributed by atoms with Gasteiger partial charge in [0.15, 0.2) is 11.5 Å². The van der Waals surface area contributed by atoms with Crippen molar-refractivity contribution in [2.45, 2.75) is 113 Å². The average Bonchev–Trinajstić information content (AvgIpc) is 4.07. The number of carbonyl (C=O) groups is 4. The number of allylic oxidation sites excluding steroid dienone is 1. The van der Waals surface area contributed by atoms with Crippen LogP contribution >= 0.6 is 0 Å². The van der Waals surface area contributed by atoms with E-state index in [9.17, 15) is 40.8 Å². The number of alkyl halides is 3. The average molecular weight is 838 g/mol. The Morgan fingerprint density at radius 1 is 1.03 bits per heavy atom. The lowest BCUT2D eigenvalue weighted by atomic mass is 9.88. The van der Waals surface area contributed by atoms with Crippen LogP contribution in [0.25, 0.3) is 10.8 Å². The fourth-order valence-electron chi connectivity index (χ4n) is 7.67. The Kier molecular flexibility index (Phi) is 11.9. The highest BCUT2D eigenvalue weighted by Gasteiger charge is 2.62. The van der Waals surface area contributed by atoms with Gasteiger partial charge in [0.2, 0.25) is 33.3 Å². The Hall–Kier alpha value is -4.81. The van der Waals surface area contributed by atoms with Crippen LogP contribution in [0.5, 0.6) is 17.4 Å². The van der Waals surface area contributed by atoms with E-state index in [1.54, 1.807) is 31.2 Å². The van der Waals surface area contributed by atoms with Crippen LogP contribution in [0.3, 0.4) is 0 Å². The smallest absolute Gasteiger partial charge is 0.427 e. The number of methoxy groups -OCH3 is 2. The minimum absolute atomic E-state index is 0.0428. The van der Waals surface area contributed by atoms with Crippen LogP contribution in [0.2, 0.25) is 0 Å². The van der Waals surface area contributed by atoms with Gasteiger partial charge in [-0.25, -0.2) is 18.2 Å². The molecule has 3 fully saturated rings. The molecule has 0 bridgehead atoms. The predicted octanol–water partition coefficient (Wildman–Crippen LogP) is 4.53. The zero-order chi connectivity index (χ0) is 42.4. The summed E-state index contributed by atoms with van der Waals surface area (Å²) < 4.78 is 91.2. The molecule has 19 heteroatoms. The Bertz CT molecular complexity index is 2080. The molecule has 6 rings (SSSR count). The molecule has 3 heterocycles. The lowest BCUT2D eigenvalue weighted by Crippen LogP contribution is -2.59. The molecule has 2 aliphatic carbocycles. The van der Waals surface area contributed by atoms with Gasteiger partial charge in [0.25, 0.3) is 5.91 Å². The second-order valence-corrected chi connectivity index (χ2v) is 18.3. The van der Waals surface area contributed by atoms with Crippen molar-refractivity contribution >= 4 is 44.6 Å². The summed E-state index contributed by atoms with van der Waals surface area (Å²) in [5.74, 6) is -2.73. The van der Waals surface area contributed by atoms with E-state index >= 15 is 0 Å². The van der Waals surface area contributed by atoms with Crippen LogP contribution in [0, 0.1) is 17.8 Å². The van der Waals surface area contributed by atoms with Crippen molar-refractivity contribution in [2.24, 2.45) is 17.8 Å². The largest absolute Gasteiger partial charge is 0.493 e. The van der Waals surface area contributed by atoms with Crippen LogP contribution in [0.1, 0.15) is 72.6 Å². The molecule has 7 atom stereocenters. The van der Waals surface area contributed by atoms with Gasteiger partial charge in [0.05, 0.1) is 26.0 Å². The lowest BCUT2D eigenvalue weighted by Gasteiger charge is -2.34. The number of hydrogen-bond donors (Lipinski definition) is 3. The van der Waals surface area contributed by atoms with Gasteiger partial charge in [-0.05, 0) is 87.8 Å². The highest BCUT2D eigenvalue weighted by atomic mass is 32.2. The van der Waals surface area contributed by atoms with E-state index in [1.807, 2.05) is 13.0 Å². The molecule has 1 unspecified atom stereocenters. The summed E-state index contributed by atoms with van der Waals surface area (Å²) in [6, 6.07) is 2.34. The number of amides is 4. The first-order valence-electron chi connectivity index (χ1n) is 19.3. The van der Waals surface area contributed by atoms with Gasteiger partial charge in [-0.1, -0.05) is 26.0 Å². The van der Waals surface area contributed by atoms with E-state index in [-0.39, 0.29) is 31.2 Å². The Morgan fingerprint density at radius 2 is 1.72 bits per heavy atom. The fourth-order valence-corrected chi connectivity index (χ4v) is 9.03. The molecule has 1 aromatic carbocycles. The van der Waals surface area contributed by atoms with Crippen molar-refractivity contribution in [3.63, 3.8) is 0 Å². The molecule has 2 saturated carbocycles. The number of aromatic nitrogens is 1. The summed E-state index contributed by atoms with van der Waals surface area (Å²) in [6.45, 7) is 4.75. The first kappa shape index (κ1) is 42.8. The SMILES string of the molecule is COc1cc2ccnc(O[C@@H]3C[C@H]4C(=O)N[C@]5(C(=O)NS(=O)(=O)C6CC6)CC5/C=C\CC[C@H](C)C[C@@H](C)[C@H](NC(=O)OC(C)(C)C(F)(F)F)C(=O)N4C3)c2cc1OC. The number of rotatable bonds is 9. The topological polar surface area (TPSA) is 192 Å². The molecule has 2 aliphatic heterocycles. The van der Waals surface area contributed by atoms with Crippen LogP contribution in [-0.2, 0) is 29.1 Å². The molecule has 0 radical (unpaired) electrons. The minimum Gasteiger partial charge on any atom is -0.493 e. The van der Waals surface area contributed by atoms with E-state index in [2.05, 4.69) is 20.3 Å². The summed E-state index contributed by atoms with van der Waals surface area (Å²) in [4.78, 5) is 61.7. The van der Waals surface area contributed by atoms with E-state index in [4.69, 9.17) is 18.9 Å². The van der Waals surface area contributed by atoms with Crippen LogP contribution in [0.4, 0.5) is 18.0 Å². The second-order valence-electron chi connectivity index (χ2n) is 16.3. The van der Waals surface area contributed by atoms with E-state index < -0.39 is 86.4 Å². The molecule has 2 aromatic rings. The first-order chi connectivity index (χ1) is 27.2. The van der Waals surface area contributed by atoms with Crippen molar-refractivity contribution in [1.82, 2.24) is 25.2 Å². The number of ether oxygens (including phenoxy) is 4. The lowest BCUT2D eigenvalue weighted by molar-refractivity contribution is -0.244. The highest BCUT2D eigenvalue weighted by molar-refractivity contribution is 7.91. The highest BCUT2D eigenvalue weighted by Crippen LogP contribution is 2.46. The van der Waals surface area contributed by atoms with Crippen LogP contribution in [0.15, 0.2) is 36.5 Å². The van der Waals surface area contributed by atoms with Crippen molar-refractivity contribution in [3.8, 4) is 17.4 Å². The molecular formula is C39H50F3N5O10S. The summed E-state index contributed by atoms with van der Waals surface area (Å²) >= 11 is 0. The monoisotopic (exact) mass is 837 g/mol. The number of hydrogen-bond acceptors (Lipinski definition) is 11. The molecule has 1 aromatic heterocycles. The van der Waals surface area contributed by atoms with E-state index in [0.29, 0.717) is 68.2 Å². The summed E-state index contributed by atoms with van der Waals surface area (Å²) in [7, 11) is -1.03. The van der Waals surface area contributed by atoms with Gasteiger partial charge >= 0.3 is 12.3 Å². The van der Waals surface area contributed by atoms with Gasteiger partial charge in [-0.2, -0.15) is 13.2 Å². The first-order valence-corrected chi connectivity index (χ1v) is 20.8. The zero-order valence-corrected chi connectivity index (χ0v) is 34.0. The van der Waals surface area contributed by atoms with Crippen molar-refractivity contribution in [3.05, 3.63) is 36.5 Å². The van der Waals surface area contributed by atoms with Gasteiger partial charge in [-0.3, -0.25) is 19.1 Å². The number of sulfonamides is 1. The maximum Gasteiger partial charge on any atom is 0.427 e. The Labute approximate surface area is 334 Å². The second kappa shape index (κ2) is 16.1. The van der Waals surface area contributed by atoms with E-state index in [0.717, 1.165) is 0 Å². The van der Waals surface area contributed by atoms with Crippen molar-refractivity contribution in [1.29, 1.82) is 0 Å². The molecule has 3 N–H and O–H groups in total. The number of alkyl carbamates (subject to hydrolysis) is 1. The molecule has 0 spiro atoms. The van der Waals surface area contributed by atoms with Crippen LogP contribution in [-0.4, -0.2) is 104 Å². The summed E-state index contributed by atoms with van der Waals surface area (Å²) in [5.41, 5.74) is -4.53. The molecule has 15 nitrogen and oxygen atoms in total. The third-order valence-electron chi connectivity index (χ3n) is 11.4. The van der Waals surface area contributed by atoms with E-state index in [1.165, 1.54) is 25.3 Å². The normalized spacial score (nSPS) is 28.8. The number of benzene rings is 1. The van der Waals surface area contributed by atoms with Crippen molar-refractivity contribution in [2.75, 3.05) is 20.8 Å². The number of nitrogens with one attached hydrogen (secondary N) is 3. The van der Waals surface area contributed by atoms with Gasteiger partial charge in [0, 0.05) is 23.9 Å². The maximum atomic E-state index is 14.7. The fraction of sp³-hybridized carbons (Fsp3) is 0.615. The standard InChI is InChI=1S/C39H50F3N5O10S/c1-21-9-7-8-10-24-19-38(24,35(50)46-58(52,53)26-11-12-26)45-32(48)28-17-25(56-33-27-18-30(55-6)29(54-5)16-23(27)13-14-43-33)20-47(28)34(49)31(22(2)15-21)44-36(51)57-37(3,4)39(40,41)42/h8,10,13-14,16,18,21-22,24-26,28,31H,7,9,11-12,15,17,19-20H2,1-6H3,(H,44,51)(H,45,48)(H,46,50)/b10-8-/t21-,22+,24?,25+,28-,31-,38+/m0/s1. The minimum atomic E-state index is -4.92. The molecule has 318 valence electrons. The third kappa shape index (κ3) is 8.93. The Morgan fingerprint density at radius 3 is 2.38 bits per heavy atom.